The van der Waals surface area contributed by atoms with Crippen LogP contribution in [0.2, 0.25) is 0 Å². The largest absolute Gasteiger partial charge is 0.479 e. The van der Waals surface area contributed by atoms with Crippen LogP contribution in [0, 0.1) is 11.8 Å². The van der Waals surface area contributed by atoms with Crippen LogP contribution in [-0.2, 0) is 9.59 Å². The molecule has 4 atom stereocenters. The number of carboxylic acid groups (broad SMARTS) is 1. The number of imide groups is 1. The van der Waals surface area contributed by atoms with Crippen molar-refractivity contribution >= 4 is 17.9 Å². The van der Waals surface area contributed by atoms with Gasteiger partial charge in [-0.1, -0.05) is 0 Å². The number of halogens is 1. The topological polar surface area (TPSA) is 95.5 Å². The zero-order valence-electron chi connectivity index (χ0n) is 8.12. The third-order valence-electron chi connectivity index (χ3n) is 3.96. The number of nitrogens with one attached hydrogen (secondary N) is 2. The van der Waals surface area contributed by atoms with E-state index < -0.39 is 41.0 Å². The van der Waals surface area contributed by atoms with Gasteiger partial charge in [0.15, 0.2) is 0 Å². The van der Waals surface area contributed by atoms with E-state index in [1.807, 2.05) is 5.32 Å². The molecule has 0 radical (unpaired) electrons. The van der Waals surface area contributed by atoms with Crippen LogP contribution >= 0.6 is 0 Å². The molecule has 3 fully saturated rings. The summed E-state index contributed by atoms with van der Waals surface area (Å²) in [4.78, 5) is 33.5. The number of aliphatic carboxylic acids is 1. The van der Waals surface area contributed by atoms with E-state index in [0.717, 1.165) is 0 Å². The number of hydrogen-bond acceptors (Lipinski definition) is 3. The van der Waals surface area contributed by atoms with Crippen LogP contribution in [0.5, 0.6) is 0 Å². The number of urea groups is 1. The summed E-state index contributed by atoms with van der Waals surface area (Å²) in [6.07, 6.45) is 0.611. The molecule has 2 aliphatic carbocycles. The number of carbonyl (C=O) groups is 3. The zero-order chi connectivity index (χ0) is 11.7. The molecule has 1 saturated heterocycles. The number of hydrogen-bond donors (Lipinski definition) is 3. The normalized spacial score (nSPS) is 48.8. The Kier molecular flexibility index (Phi) is 1.41. The maximum absolute atomic E-state index is 14.0. The third-order valence-corrected chi connectivity index (χ3v) is 3.96. The van der Waals surface area contributed by atoms with Crippen LogP contribution in [-0.4, -0.2) is 34.2 Å². The highest BCUT2D eigenvalue weighted by atomic mass is 19.1. The highest BCUT2D eigenvalue weighted by molar-refractivity contribution is 6.09. The summed E-state index contributed by atoms with van der Waals surface area (Å²) in [7, 11) is 0. The fourth-order valence-corrected chi connectivity index (χ4v) is 3.23. The Morgan fingerprint density at radius 3 is 2.62 bits per heavy atom. The molecule has 3 N–H and O–H groups in total. The molecule has 86 valence electrons. The standard InChI is InChI=1S/C9H9FN2O4/c10-9(6(14)15)3-1-2-8(4(3)9)5(13)11-7(16)12-8/h3-4H,1-2H2,(H,14,15)(H2,11,12,13,16)/t3-,4-,8+,9-/m0/s1. The molecule has 16 heavy (non-hydrogen) atoms. The van der Waals surface area contributed by atoms with Crippen molar-refractivity contribution in [2.24, 2.45) is 11.8 Å². The average Bonchev–Trinajstić information content (AvgIpc) is 2.51. The van der Waals surface area contributed by atoms with E-state index in [1.54, 1.807) is 0 Å². The Labute approximate surface area is 89.2 Å². The molecular formula is C9H9FN2O4. The van der Waals surface area contributed by atoms with Crippen molar-refractivity contribution in [1.29, 1.82) is 0 Å². The molecule has 7 heteroatoms. The van der Waals surface area contributed by atoms with E-state index in [4.69, 9.17) is 5.11 Å². The summed E-state index contributed by atoms with van der Waals surface area (Å²) < 4.78 is 14.0. The summed E-state index contributed by atoms with van der Waals surface area (Å²) in [5, 5.41) is 13.2. The average molecular weight is 228 g/mol. The Hall–Kier alpha value is -1.66. The number of alkyl halides is 1. The fourth-order valence-electron chi connectivity index (χ4n) is 3.23. The van der Waals surface area contributed by atoms with Crippen molar-refractivity contribution in [3.63, 3.8) is 0 Å². The summed E-state index contributed by atoms with van der Waals surface area (Å²) in [6.45, 7) is 0. The summed E-state index contributed by atoms with van der Waals surface area (Å²) in [6, 6.07) is -0.676. The molecule has 1 spiro atoms. The predicted molar refractivity (Wildman–Crippen MR) is 47.1 cm³/mol. The molecule has 0 aromatic heterocycles. The number of fused-ring (bicyclic) bond motifs is 2. The van der Waals surface area contributed by atoms with Gasteiger partial charge in [0.2, 0.25) is 5.67 Å². The van der Waals surface area contributed by atoms with E-state index in [9.17, 15) is 18.8 Å². The number of carbonyl (C=O) groups excluding carboxylic acids is 2. The number of carboxylic acids is 1. The zero-order valence-corrected chi connectivity index (χ0v) is 8.12. The van der Waals surface area contributed by atoms with Crippen molar-refractivity contribution in [2.45, 2.75) is 24.0 Å². The molecular weight excluding hydrogens is 219 g/mol. The van der Waals surface area contributed by atoms with Crippen molar-refractivity contribution in [1.82, 2.24) is 10.6 Å². The molecule has 0 aromatic rings. The van der Waals surface area contributed by atoms with Crippen molar-refractivity contribution < 1.29 is 23.9 Å². The molecule has 2 saturated carbocycles. The van der Waals surface area contributed by atoms with Crippen LogP contribution in [0.4, 0.5) is 9.18 Å². The first-order chi connectivity index (χ1) is 7.43. The fraction of sp³-hybridized carbons (Fsp3) is 0.667. The lowest BCUT2D eigenvalue weighted by Gasteiger charge is -2.24. The van der Waals surface area contributed by atoms with Gasteiger partial charge in [-0.2, -0.15) is 0 Å². The molecule has 0 unspecified atom stereocenters. The molecule has 6 nitrogen and oxygen atoms in total. The van der Waals surface area contributed by atoms with Gasteiger partial charge in [0.05, 0.1) is 0 Å². The quantitative estimate of drug-likeness (QED) is 0.522. The lowest BCUT2D eigenvalue weighted by molar-refractivity contribution is -0.147. The van der Waals surface area contributed by atoms with Gasteiger partial charge in [0.1, 0.15) is 5.54 Å². The van der Waals surface area contributed by atoms with E-state index in [-0.39, 0.29) is 0 Å². The third kappa shape index (κ3) is 0.772. The van der Waals surface area contributed by atoms with Gasteiger partial charge in [-0.3, -0.25) is 10.1 Å². The van der Waals surface area contributed by atoms with Crippen molar-refractivity contribution in [3.8, 4) is 0 Å². The predicted octanol–water partition coefficient (Wildman–Crippen LogP) is -0.603. The first-order valence-electron chi connectivity index (χ1n) is 4.99. The van der Waals surface area contributed by atoms with Crippen LogP contribution < -0.4 is 10.6 Å². The Morgan fingerprint density at radius 2 is 2.19 bits per heavy atom. The second kappa shape index (κ2) is 2.36. The molecule has 1 aliphatic heterocycles. The summed E-state index contributed by atoms with van der Waals surface area (Å²) in [5.74, 6) is -3.74. The highest BCUT2D eigenvalue weighted by Crippen LogP contribution is 2.67. The summed E-state index contributed by atoms with van der Waals surface area (Å²) >= 11 is 0. The minimum Gasteiger partial charge on any atom is -0.479 e. The minimum absolute atomic E-state index is 0.304. The van der Waals surface area contributed by atoms with Gasteiger partial charge < -0.3 is 10.4 Å². The van der Waals surface area contributed by atoms with E-state index in [2.05, 4.69) is 5.32 Å². The van der Waals surface area contributed by atoms with Crippen molar-refractivity contribution in [3.05, 3.63) is 0 Å². The van der Waals surface area contributed by atoms with Gasteiger partial charge in [0.25, 0.3) is 5.91 Å². The number of amides is 3. The lowest BCUT2D eigenvalue weighted by Crippen LogP contribution is -2.50. The molecule has 0 bridgehead atoms. The maximum atomic E-state index is 14.0. The molecule has 0 aromatic carbocycles. The summed E-state index contributed by atoms with van der Waals surface area (Å²) in [5.41, 5.74) is -3.69. The highest BCUT2D eigenvalue weighted by Gasteiger charge is 2.83. The molecule has 3 aliphatic rings. The SMILES string of the molecule is O=C1NC(=O)[C@]2(CC[C@H]3[C@@H]2[C@]3(F)C(=O)O)N1. The van der Waals surface area contributed by atoms with Crippen molar-refractivity contribution in [2.75, 3.05) is 0 Å². The van der Waals surface area contributed by atoms with Crippen LogP contribution in [0.25, 0.3) is 0 Å². The lowest BCUT2D eigenvalue weighted by atomic mass is 9.90. The Morgan fingerprint density at radius 1 is 1.50 bits per heavy atom. The second-order valence-electron chi connectivity index (χ2n) is 4.58. The van der Waals surface area contributed by atoms with Gasteiger partial charge in [-0.15, -0.1) is 0 Å². The first-order valence-corrected chi connectivity index (χ1v) is 4.99. The van der Waals surface area contributed by atoms with Gasteiger partial charge in [0, 0.05) is 11.8 Å². The van der Waals surface area contributed by atoms with Crippen LogP contribution in [0.15, 0.2) is 0 Å². The van der Waals surface area contributed by atoms with Gasteiger partial charge in [-0.05, 0) is 12.8 Å². The molecule has 3 amide bonds. The maximum Gasteiger partial charge on any atom is 0.342 e. The van der Waals surface area contributed by atoms with Gasteiger partial charge >= 0.3 is 12.0 Å². The number of rotatable bonds is 1. The Bertz CT molecular complexity index is 439. The first kappa shape index (κ1) is 9.56. The molecule has 3 rings (SSSR count). The molecule has 1 heterocycles. The van der Waals surface area contributed by atoms with E-state index >= 15 is 0 Å². The van der Waals surface area contributed by atoms with Gasteiger partial charge in [-0.25, -0.2) is 14.0 Å². The van der Waals surface area contributed by atoms with Crippen LogP contribution in [0.1, 0.15) is 12.8 Å². The monoisotopic (exact) mass is 228 g/mol. The minimum atomic E-state index is -2.35. The second-order valence-corrected chi connectivity index (χ2v) is 4.58. The smallest absolute Gasteiger partial charge is 0.342 e. The Balaban J connectivity index is 1.99. The van der Waals surface area contributed by atoms with E-state index in [0.29, 0.717) is 12.8 Å². The van der Waals surface area contributed by atoms with E-state index in [1.165, 1.54) is 0 Å². The van der Waals surface area contributed by atoms with Crippen LogP contribution in [0.3, 0.4) is 0 Å².